The maximum atomic E-state index is 6.13. The average molecular weight is 226 g/mol. The lowest BCUT2D eigenvalue weighted by Crippen LogP contribution is -2.31. The molecule has 2 heteroatoms. The van der Waals surface area contributed by atoms with Crippen molar-refractivity contribution in [2.75, 3.05) is 0 Å². The highest BCUT2D eigenvalue weighted by Crippen LogP contribution is 2.50. The van der Waals surface area contributed by atoms with E-state index in [4.69, 9.17) is 5.73 Å². The van der Waals surface area contributed by atoms with Crippen molar-refractivity contribution in [1.29, 1.82) is 0 Å². The Kier molecular flexibility index (Phi) is 2.23. The molecule has 1 unspecified atom stereocenters. The number of hydrogen-bond donors (Lipinski definition) is 1. The first-order valence-corrected chi connectivity index (χ1v) is 6.25. The molecular formula is C15H18N2. The monoisotopic (exact) mass is 226 g/mol. The first kappa shape index (κ1) is 10.7. The standard InChI is InChI=1S/C15H18N2/c1-10-14-9-13(15(6-7-15)11(2)16)4-3-12(14)5-8-17-10/h3-5,8-9,11H,6-7,16H2,1-2H3. The number of aromatic nitrogens is 1. The van der Waals surface area contributed by atoms with Crippen molar-refractivity contribution in [1.82, 2.24) is 4.98 Å². The molecule has 3 rings (SSSR count). The molecule has 2 nitrogen and oxygen atoms in total. The molecule has 0 amide bonds. The largest absolute Gasteiger partial charge is 0.327 e. The van der Waals surface area contributed by atoms with Crippen LogP contribution in [0.4, 0.5) is 0 Å². The van der Waals surface area contributed by atoms with Crippen molar-refractivity contribution >= 4 is 10.8 Å². The molecule has 88 valence electrons. The molecule has 0 radical (unpaired) electrons. The van der Waals surface area contributed by atoms with Gasteiger partial charge in [-0.2, -0.15) is 0 Å². The summed E-state index contributed by atoms with van der Waals surface area (Å²) >= 11 is 0. The summed E-state index contributed by atoms with van der Waals surface area (Å²) in [5, 5.41) is 2.53. The van der Waals surface area contributed by atoms with Crippen molar-refractivity contribution in [3.05, 3.63) is 41.7 Å². The Labute approximate surface area is 102 Å². The summed E-state index contributed by atoms with van der Waals surface area (Å²) < 4.78 is 0. The van der Waals surface area contributed by atoms with Gasteiger partial charge in [0.1, 0.15) is 0 Å². The van der Waals surface area contributed by atoms with Crippen LogP contribution in [0, 0.1) is 6.92 Å². The first-order chi connectivity index (χ1) is 8.13. The lowest BCUT2D eigenvalue weighted by atomic mass is 9.88. The Balaban J connectivity index is 2.17. The van der Waals surface area contributed by atoms with Gasteiger partial charge in [-0.15, -0.1) is 0 Å². The highest BCUT2D eigenvalue weighted by molar-refractivity contribution is 5.85. The summed E-state index contributed by atoms with van der Waals surface area (Å²) in [6.07, 6.45) is 4.31. The fourth-order valence-electron chi connectivity index (χ4n) is 2.77. The van der Waals surface area contributed by atoms with Crippen LogP contribution in [0.25, 0.3) is 10.8 Å². The summed E-state index contributed by atoms with van der Waals surface area (Å²) in [7, 11) is 0. The summed E-state index contributed by atoms with van der Waals surface area (Å²) in [5.74, 6) is 0. The molecule has 1 aliphatic carbocycles. The second kappa shape index (κ2) is 3.54. The molecule has 0 spiro atoms. The van der Waals surface area contributed by atoms with E-state index in [2.05, 4.69) is 43.1 Å². The van der Waals surface area contributed by atoms with Crippen molar-refractivity contribution in [2.24, 2.45) is 5.73 Å². The van der Waals surface area contributed by atoms with Crippen molar-refractivity contribution in [3.63, 3.8) is 0 Å². The zero-order chi connectivity index (χ0) is 12.0. The van der Waals surface area contributed by atoms with E-state index in [1.807, 2.05) is 6.20 Å². The zero-order valence-corrected chi connectivity index (χ0v) is 10.4. The Morgan fingerprint density at radius 3 is 2.71 bits per heavy atom. The second-order valence-electron chi connectivity index (χ2n) is 5.28. The van der Waals surface area contributed by atoms with Gasteiger partial charge in [0.15, 0.2) is 0 Å². The van der Waals surface area contributed by atoms with Gasteiger partial charge in [-0.3, -0.25) is 4.98 Å². The highest BCUT2D eigenvalue weighted by Gasteiger charge is 2.47. The van der Waals surface area contributed by atoms with Gasteiger partial charge in [0, 0.05) is 28.7 Å². The number of fused-ring (bicyclic) bond motifs is 1. The predicted octanol–water partition coefficient (Wildman–Crippen LogP) is 2.92. The fourth-order valence-corrected chi connectivity index (χ4v) is 2.77. The first-order valence-electron chi connectivity index (χ1n) is 6.25. The Bertz CT molecular complexity index is 568. The van der Waals surface area contributed by atoms with Gasteiger partial charge < -0.3 is 5.73 Å². The van der Waals surface area contributed by atoms with Crippen molar-refractivity contribution in [3.8, 4) is 0 Å². The third kappa shape index (κ3) is 1.55. The Morgan fingerprint density at radius 1 is 1.29 bits per heavy atom. The zero-order valence-electron chi connectivity index (χ0n) is 10.4. The van der Waals surface area contributed by atoms with Gasteiger partial charge in [-0.1, -0.05) is 12.1 Å². The third-order valence-corrected chi connectivity index (χ3v) is 4.20. The van der Waals surface area contributed by atoms with Gasteiger partial charge in [0.05, 0.1) is 0 Å². The van der Waals surface area contributed by atoms with Crippen LogP contribution >= 0.6 is 0 Å². The number of aryl methyl sites for hydroxylation is 1. The topological polar surface area (TPSA) is 38.9 Å². The normalized spacial score (nSPS) is 19.2. The van der Waals surface area contributed by atoms with Crippen LogP contribution in [0.3, 0.4) is 0 Å². The van der Waals surface area contributed by atoms with Crippen LogP contribution in [0.2, 0.25) is 0 Å². The molecule has 1 aliphatic rings. The van der Waals surface area contributed by atoms with E-state index in [0.29, 0.717) is 0 Å². The minimum absolute atomic E-state index is 0.233. The molecule has 0 bridgehead atoms. The van der Waals surface area contributed by atoms with E-state index in [0.717, 1.165) is 5.69 Å². The molecule has 1 fully saturated rings. The molecular weight excluding hydrogens is 208 g/mol. The van der Waals surface area contributed by atoms with Crippen molar-refractivity contribution in [2.45, 2.75) is 38.1 Å². The number of benzene rings is 1. The van der Waals surface area contributed by atoms with Gasteiger partial charge in [-0.05, 0) is 49.8 Å². The number of pyridine rings is 1. The quantitative estimate of drug-likeness (QED) is 0.855. The lowest BCUT2D eigenvalue weighted by Gasteiger charge is -2.20. The SMILES string of the molecule is Cc1nccc2ccc(C3(C(C)N)CC3)cc12. The van der Waals surface area contributed by atoms with Crippen molar-refractivity contribution < 1.29 is 0 Å². The van der Waals surface area contributed by atoms with Gasteiger partial charge in [0.25, 0.3) is 0 Å². The molecule has 1 heterocycles. The minimum atomic E-state index is 0.233. The van der Waals surface area contributed by atoms with E-state index in [1.54, 1.807) is 0 Å². The molecule has 1 aromatic heterocycles. The van der Waals surface area contributed by atoms with Crippen LogP contribution in [0.5, 0.6) is 0 Å². The summed E-state index contributed by atoms with van der Waals surface area (Å²) in [6.45, 7) is 4.19. The summed E-state index contributed by atoms with van der Waals surface area (Å²) in [6, 6.07) is 9.02. The number of rotatable bonds is 2. The predicted molar refractivity (Wildman–Crippen MR) is 71.0 cm³/mol. The third-order valence-electron chi connectivity index (χ3n) is 4.20. The maximum absolute atomic E-state index is 6.13. The average Bonchev–Trinajstić information content (AvgIpc) is 3.10. The highest BCUT2D eigenvalue weighted by atomic mass is 14.7. The van der Waals surface area contributed by atoms with Crippen LogP contribution in [-0.4, -0.2) is 11.0 Å². The van der Waals surface area contributed by atoms with Gasteiger partial charge in [0.2, 0.25) is 0 Å². The van der Waals surface area contributed by atoms with E-state index in [9.17, 15) is 0 Å². The van der Waals surface area contributed by atoms with Crippen LogP contribution in [-0.2, 0) is 5.41 Å². The van der Waals surface area contributed by atoms with E-state index in [1.165, 1.54) is 29.2 Å². The molecule has 0 saturated heterocycles. The minimum Gasteiger partial charge on any atom is -0.327 e. The number of hydrogen-bond acceptors (Lipinski definition) is 2. The van der Waals surface area contributed by atoms with Gasteiger partial charge in [-0.25, -0.2) is 0 Å². The number of nitrogens with zero attached hydrogens (tertiary/aromatic N) is 1. The van der Waals surface area contributed by atoms with E-state index < -0.39 is 0 Å². The molecule has 1 saturated carbocycles. The Morgan fingerprint density at radius 2 is 2.06 bits per heavy atom. The maximum Gasteiger partial charge on any atom is 0.0451 e. The molecule has 2 N–H and O–H groups in total. The lowest BCUT2D eigenvalue weighted by molar-refractivity contribution is 0.557. The molecule has 1 aromatic carbocycles. The van der Waals surface area contributed by atoms with Crippen LogP contribution in [0.15, 0.2) is 30.5 Å². The fraction of sp³-hybridized carbons (Fsp3) is 0.400. The molecule has 0 aliphatic heterocycles. The van der Waals surface area contributed by atoms with Crippen LogP contribution < -0.4 is 5.73 Å². The van der Waals surface area contributed by atoms with Gasteiger partial charge >= 0.3 is 0 Å². The number of nitrogens with two attached hydrogens (primary N) is 1. The summed E-state index contributed by atoms with van der Waals surface area (Å²) in [4.78, 5) is 4.36. The Hall–Kier alpha value is -1.41. The van der Waals surface area contributed by atoms with E-state index in [-0.39, 0.29) is 11.5 Å². The molecule has 2 aromatic rings. The van der Waals surface area contributed by atoms with Crippen LogP contribution in [0.1, 0.15) is 31.0 Å². The second-order valence-corrected chi connectivity index (χ2v) is 5.28. The summed E-state index contributed by atoms with van der Waals surface area (Å²) in [5.41, 5.74) is 8.85. The van der Waals surface area contributed by atoms with E-state index >= 15 is 0 Å². The molecule has 17 heavy (non-hydrogen) atoms. The smallest absolute Gasteiger partial charge is 0.0451 e. The molecule has 1 atom stereocenters.